The van der Waals surface area contributed by atoms with Gasteiger partial charge in [0.15, 0.2) is 0 Å². The predicted molar refractivity (Wildman–Crippen MR) is 169 cm³/mol. The van der Waals surface area contributed by atoms with E-state index in [1.165, 1.54) is 11.1 Å². The van der Waals surface area contributed by atoms with Crippen molar-refractivity contribution in [1.29, 1.82) is 0 Å². The van der Waals surface area contributed by atoms with Crippen molar-refractivity contribution >= 4 is 5.97 Å². The van der Waals surface area contributed by atoms with Gasteiger partial charge in [-0.1, -0.05) is 44.4 Å². The summed E-state index contributed by atoms with van der Waals surface area (Å²) in [6.07, 6.45) is 8.16. The van der Waals surface area contributed by atoms with Crippen molar-refractivity contribution in [2.24, 2.45) is 29.1 Å². The molecule has 0 saturated heterocycles. The van der Waals surface area contributed by atoms with Gasteiger partial charge < -0.3 is 14.6 Å². The number of ether oxygens (including phenoxy) is 2. The maximum atomic E-state index is 13.3. The SMILES string of the molecule is CCOC(=O)C(CCCCCC/C=C/C[C@@H]1Cc2cc(OC)ccc2C2CC[C@@]3(C)C(CC[C@@H]3O)C21)CCCC(F)(F)C(F)(F)F. The summed E-state index contributed by atoms with van der Waals surface area (Å²) in [6.45, 7) is 4.10. The van der Waals surface area contributed by atoms with Crippen LogP contribution in [-0.2, 0) is 16.0 Å². The fraction of sp³-hybridized carbons (Fsp3) is 0.757. The normalized spacial score (nSPS) is 28.4. The first-order chi connectivity index (χ1) is 21.8. The number of carbonyl (C=O) groups excluding carboxylic acids is 1. The fourth-order valence-corrected chi connectivity index (χ4v) is 8.84. The van der Waals surface area contributed by atoms with E-state index in [4.69, 9.17) is 9.47 Å². The minimum atomic E-state index is -5.57. The number of fused-ring (bicyclic) bond motifs is 5. The van der Waals surface area contributed by atoms with Crippen LogP contribution in [0.3, 0.4) is 0 Å². The van der Waals surface area contributed by atoms with E-state index in [9.17, 15) is 31.9 Å². The molecule has 2 saturated carbocycles. The topological polar surface area (TPSA) is 55.8 Å². The Morgan fingerprint density at radius 2 is 1.78 bits per heavy atom. The van der Waals surface area contributed by atoms with Gasteiger partial charge in [-0.05, 0) is 130 Å². The van der Waals surface area contributed by atoms with Crippen molar-refractivity contribution < 1.29 is 41.3 Å². The largest absolute Gasteiger partial charge is 0.497 e. The standard InChI is InChI=1S/C37H53F5O4/c1-4-46-34(44)25(15-12-21-36(38,39)37(40,41)42)13-10-8-6-5-7-9-11-14-26-23-27-24-28(45-3)16-17-29(27)30-20-22-35(2)31(33(26)30)18-19-32(35)43/h9,11,16-17,24-26,30-33,43H,4-8,10,12-15,18-23H2,1-3H3/b11-9+/t25?,26-,30?,31?,32+,33?,35+/m1/s1. The van der Waals surface area contributed by atoms with E-state index in [2.05, 4.69) is 37.3 Å². The first kappa shape index (κ1) is 36.7. The van der Waals surface area contributed by atoms with E-state index < -0.39 is 30.4 Å². The highest BCUT2D eigenvalue weighted by atomic mass is 19.4. The summed E-state index contributed by atoms with van der Waals surface area (Å²) in [4.78, 5) is 12.3. The number of esters is 1. The number of hydrogen-bond donors (Lipinski definition) is 1. The molecule has 4 unspecified atom stereocenters. The van der Waals surface area contributed by atoms with Crippen LogP contribution in [-0.4, -0.2) is 43.0 Å². The number of alkyl halides is 5. The second-order valence-electron chi connectivity index (χ2n) is 14.2. The van der Waals surface area contributed by atoms with Crippen LogP contribution < -0.4 is 4.74 Å². The van der Waals surface area contributed by atoms with E-state index in [1.54, 1.807) is 14.0 Å². The average Bonchev–Trinajstić information content (AvgIpc) is 3.31. The van der Waals surface area contributed by atoms with Gasteiger partial charge in [-0.15, -0.1) is 0 Å². The molecule has 4 rings (SSSR count). The number of hydrogen-bond acceptors (Lipinski definition) is 4. The number of benzene rings is 1. The van der Waals surface area contributed by atoms with Crippen LogP contribution in [0.15, 0.2) is 30.4 Å². The van der Waals surface area contributed by atoms with Crippen LogP contribution >= 0.6 is 0 Å². The van der Waals surface area contributed by atoms with Crippen molar-refractivity contribution in [2.45, 2.75) is 134 Å². The molecule has 4 nitrogen and oxygen atoms in total. The summed E-state index contributed by atoms with van der Waals surface area (Å²) in [5.74, 6) is -2.87. The molecule has 1 N–H and O–H groups in total. The van der Waals surface area contributed by atoms with Crippen molar-refractivity contribution in [2.75, 3.05) is 13.7 Å². The third kappa shape index (κ3) is 8.46. The molecule has 0 radical (unpaired) electrons. The van der Waals surface area contributed by atoms with E-state index in [-0.39, 0.29) is 31.0 Å². The lowest BCUT2D eigenvalue weighted by atomic mass is 9.52. The van der Waals surface area contributed by atoms with Crippen LogP contribution in [0.25, 0.3) is 0 Å². The number of allylic oxidation sites excluding steroid dienone is 2. The third-order valence-electron chi connectivity index (χ3n) is 11.4. The van der Waals surface area contributed by atoms with Crippen molar-refractivity contribution in [3.63, 3.8) is 0 Å². The smallest absolute Gasteiger partial charge is 0.453 e. The van der Waals surface area contributed by atoms with E-state index in [1.807, 2.05) is 0 Å². The maximum absolute atomic E-state index is 13.3. The van der Waals surface area contributed by atoms with Gasteiger partial charge in [-0.25, -0.2) is 0 Å². The van der Waals surface area contributed by atoms with Gasteiger partial charge in [0.1, 0.15) is 5.75 Å². The first-order valence-electron chi connectivity index (χ1n) is 17.4. The molecule has 0 heterocycles. The van der Waals surface area contributed by atoms with Gasteiger partial charge in [0.05, 0.1) is 25.7 Å². The first-order valence-corrected chi connectivity index (χ1v) is 17.4. The minimum absolute atomic E-state index is 0.00748. The Balaban J connectivity index is 1.24. The summed E-state index contributed by atoms with van der Waals surface area (Å²) in [6, 6.07) is 6.57. The lowest BCUT2D eigenvalue weighted by molar-refractivity contribution is -0.284. The molecule has 2 fully saturated rings. The van der Waals surface area contributed by atoms with Gasteiger partial charge in [0.2, 0.25) is 0 Å². The van der Waals surface area contributed by atoms with Crippen LogP contribution in [0.4, 0.5) is 22.0 Å². The molecule has 3 aliphatic carbocycles. The van der Waals surface area contributed by atoms with E-state index >= 15 is 0 Å². The van der Waals surface area contributed by atoms with E-state index in [0.29, 0.717) is 36.5 Å². The molecule has 0 aromatic heterocycles. The van der Waals surface area contributed by atoms with E-state index in [0.717, 1.165) is 70.0 Å². The van der Waals surface area contributed by atoms with Crippen LogP contribution in [0.5, 0.6) is 5.75 Å². The number of carbonyl (C=O) groups is 1. The van der Waals surface area contributed by atoms with Crippen LogP contribution in [0, 0.1) is 29.1 Å². The fourth-order valence-electron chi connectivity index (χ4n) is 8.84. The Morgan fingerprint density at radius 3 is 2.50 bits per heavy atom. The Bertz CT molecular complexity index is 1170. The summed E-state index contributed by atoms with van der Waals surface area (Å²) in [5, 5.41) is 10.9. The Labute approximate surface area is 271 Å². The third-order valence-corrected chi connectivity index (χ3v) is 11.4. The Morgan fingerprint density at radius 1 is 1.04 bits per heavy atom. The van der Waals surface area contributed by atoms with Crippen LogP contribution in [0.2, 0.25) is 0 Å². The summed E-state index contributed by atoms with van der Waals surface area (Å²) < 4.78 is 74.7. The van der Waals surface area contributed by atoms with Gasteiger partial charge in [0, 0.05) is 6.42 Å². The highest BCUT2D eigenvalue weighted by Crippen LogP contribution is 2.62. The highest BCUT2D eigenvalue weighted by molar-refractivity contribution is 5.72. The number of aliphatic hydroxyl groups excluding tert-OH is 1. The molecular formula is C37H53F5O4. The van der Waals surface area contributed by atoms with Gasteiger partial charge in [-0.3, -0.25) is 4.79 Å². The average molecular weight is 657 g/mol. The lowest BCUT2D eigenvalue weighted by Crippen LogP contribution is -2.47. The number of methoxy groups -OCH3 is 1. The number of rotatable bonds is 16. The quantitative estimate of drug-likeness (QED) is 0.0833. The molecule has 1 aromatic carbocycles. The summed E-state index contributed by atoms with van der Waals surface area (Å²) in [5.41, 5.74) is 2.88. The molecule has 9 heteroatoms. The van der Waals surface area contributed by atoms with Crippen molar-refractivity contribution in [3.8, 4) is 5.75 Å². The molecule has 3 aliphatic rings. The molecule has 0 aliphatic heterocycles. The van der Waals surface area contributed by atoms with Gasteiger partial charge in [0.25, 0.3) is 0 Å². The minimum Gasteiger partial charge on any atom is -0.497 e. The second-order valence-corrected chi connectivity index (χ2v) is 14.2. The maximum Gasteiger partial charge on any atom is 0.453 e. The van der Waals surface area contributed by atoms with Crippen molar-refractivity contribution in [1.82, 2.24) is 0 Å². The zero-order chi connectivity index (χ0) is 33.5. The number of halogens is 5. The van der Waals surface area contributed by atoms with Gasteiger partial charge >= 0.3 is 18.1 Å². The second kappa shape index (κ2) is 15.8. The summed E-state index contributed by atoms with van der Waals surface area (Å²) in [7, 11) is 1.71. The Kier molecular flexibility index (Phi) is 12.6. The molecule has 7 atom stereocenters. The number of aliphatic hydroxyl groups is 1. The molecular weight excluding hydrogens is 603 g/mol. The molecule has 0 amide bonds. The molecule has 0 spiro atoms. The highest BCUT2D eigenvalue weighted by Gasteiger charge is 2.57. The molecule has 1 aromatic rings. The number of unbranched alkanes of at least 4 members (excludes halogenated alkanes) is 4. The zero-order valence-electron chi connectivity index (χ0n) is 27.7. The van der Waals surface area contributed by atoms with Gasteiger partial charge in [-0.2, -0.15) is 22.0 Å². The Hall–Kier alpha value is -2.16. The molecule has 260 valence electrons. The lowest BCUT2D eigenvalue weighted by Gasteiger charge is -2.53. The molecule has 46 heavy (non-hydrogen) atoms. The van der Waals surface area contributed by atoms with Crippen LogP contribution in [0.1, 0.15) is 121 Å². The summed E-state index contributed by atoms with van der Waals surface area (Å²) >= 11 is 0. The van der Waals surface area contributed by atoms with Crippen molar-refractivity contribution in [3.05, 3.63) is 41.5 Å². The predicted octanol–water partition coefficient (Wildman–Crippen LogP) is 9.97. The monoisotopic (exact) mass is 656 g/mol. The molecule has 0 bridgehead atoms. The zero-order valence-corrected chi connectivity index (χ0v) is 27.7.